The number of amides is 1. The molecule has 6 nitrogen and oxygen atoms in total. The lowest BCUT2D eigenvalue weighted by molar-refractivity contribution is -0.201. The van der Waals surface area contributed by atoms with Crippen LogP contribution in [0.15, 0.2) is 72.8 Å². The second kappa shape index (κ2) is 11.1. The first kappa shape index (κ1) is 30.5. The van der Waals surface area contributed by atoms with Crippen LogP contribution in [0.2, 0.25) is 0 Å². The fraction of sp³-hybridized carbons (Fsp3) is 0.447. The SMILES string of the molecule is O=C(/C=C/c1cccc(C(F)(F)F)c1)N(CCc1ccccc1)[C@@H]1CC[C@@]2(O)[C@H]3Cc4ccc(O)c5c4[C@@]2(CCN3CC2CC2)[C@H]1O5. The van der Waals surface area contributed by atoms with Crippen molar-refractivity contribution >= 4 is 12.0 Å². The molecule has 0 radical (unpaired) electrons. The van der Waals surface area contributed by atoms with E-state index in [1.165, 1.54) is 31.1 Å². The molecule has 2 heterocycles. The quantitative estimate of drug-likeness (QED) is 0.289. The molecule has 1 amide bonds. The molecule has 5 atom stereocenters. The molecule has 8 rings (SSSR count). The maximum Gasteiger partial charge on any atom is 0.416 e. The zero-order chi connectivity index (χ0) is 32.6. The van der Waals surface area contributed by atoms with Crippen LogP contribution in [0.5, 0.6) is 11.5 Å². The van der Waals surface area contributed by atoms with Crippen LogP contribution in [0, 0.1) is 5.92 Å². The summed E-state index contributed by atoms with van der Waals surface area (Å²) in [7, 11) is 0. The van der Waals surface area contributed by atoms with Crippen molar-refractivity contribution in [3.05, 3.63) is 101 Å². The second-order valence-corrected chi connectivity index (χ2v) is 14.1. The molecule has 47 heavy (non-hydrogen) atoms. The Kier molecular flexibility index (Phi) is 7.22. The van der Waals surface area contributed by atoms with E-state index in [1.54, 1.807) is 17.0 Å². The monoisotopic (exact) mass is 644 g/mol. The van der Waals surface area contributed by atoms with Gasteiger partial charge >= 0.3 is 6.18 Å². The normalized spacial score (nSPS) is 29.4. The minimum absolute atomic E-state index is 0.0408. The number of rotatable bonds is 8. The first-order valence-corrected chi connectivity index (χ1v) is 16.8. The number of nitrogens with zero attached hydrogens (tertiary/aromatic N) is 2. The summed E-state index contributed by atoms with van der Waals surface area (Å²) in [5.41, 5.74) is 0.665. The Labute approximate surface area is 272 Å². The molecule has 2 bridgehead atoms. The van der Waals surface area contributed by atoms with Crippen LogP contribution in [0.25, 0.3) is 6.08 Å². The Morgan fingerprint density at radius 2 is 1.85 bits per heavy atom. The molecule has 3 aromatic carbocycles. The maximum absolute atomic E-state index is 14.2. The highest BCUT2D eigenvalue weighted by molar-refractivity contribution is 5.92. The number of piperidine rings is 1. The van der Waals surface area contributed by atoms with Gasteiger partial charge in [0.25, 0.3) is 0 Å². The Balaban J connectivity index is 1.17. The lowest BCUT2D eigenvalue weighted by atomic mass is 9.48. The van der Waals surface area contributed by atoms with E-state index in [4.69, 9.17) is 4.74 Å². The van der Waals surface area contributed by atoms with Gasteiger partial charge in [0.15, 0.2) is 11.5 Å². The van der Waals surface area contributed by atoms with Gasteiger partial charge in [-0.05, 0) is 98.4 Å². The smallest absolute Gasteiger partial charge is 0.416 e. The molecule has 2 saturated carbocycles. The van der Waals surface area contributed by atoms with Crippen LogP contribution in [-0.4, -0.2) is 69.3 Å². The van der Waals surface area contributed by atoms with E-state index >= 15 is 0 Å². The fourth-order valence-electron chi connectivity index (χ4n) is 9.19. The predicted molar refractivity (Wildman–Crippen MR) is 171 cm³/mol. The van der Waals surface area contributed by atoms with Crippen molar-refractivity contribution in [1.29, 1.82) is 0 Å². The number of phenolic OH excluding ortho intramolecular Hbond substituents is 1. The van der Waals surface area contributed by atoms with E-state index in [0.29, 0.717) is 50.3 Å². The summed E-state index contributed by atoms with van der Waals surface area (Å²) in [5, 5.41) is 23.9. The molecule has 0 unspecified atom stereocenters. The highest BCUT2D eigenvalue weighted by Crippen LogP contribution is 2.66. The van der Waals surface area contributed by atoms with Gasteiger partial charge < -0.3 is 19.8 Å². The number of aromatic hydroxyl groups is 1. The van der Waals surface area contributed by atoms with Crippen LogP contribution >= 0.6 is 0 Å². The number of likely N-dealkylation sites (tertiary alicyclic amines) is 1. The van der Waals surface area contributed by atoms with Gasteiger partial charge in [-0.3, -0.25) is 9.69 Å². The van der Waals surface area contributed by atoms with Crippen LogP contribution < -0.4 is 4.74 Å². The van der Waals surface area contributed by atoms with Crippen molar-refractivity contribution in [3.63, 3.8) is 0 Å². The Bertz CT molecular complexity index is 1720. The Morgan fingerprint density at radius 1 is 1.04 bits per heavy atom. The zero-order valence-corrected chi connectivity index (χ0v) is 26.1. The van der Waals surface area contributed by atoms with Gasteiger partial charge in [-0.1, -0.05) is 48.5 Å². The van der Waals surface area contributed by atoms with Gasteiger partial charge in [-0.25, -0.2) is 0 Å². The topological polar surface area (TPSA) is 73.2 Å². The van der Waals surface area contributed by atoms with E-state index in [0.717, 1.165) is 41.9 Å². The third kappa shape index (κ3) is 4.96. The minimum atomic E-state index is -4.49. The van der Waals surface area contributed by atoms with E-state index in [9.17, 15) is 28.2 Å². The van der Waals surface area contributed by atoms with Crippen molar-refractivity contribution in [2.45, 2.75) is 80.3 Å². The third-order valence-corrected chi connectivity index (χ3v) is 11.5. The number of phenols is 1. The average molecular weight is 645 g/mol. The molecular formula is C38H39F3N2O4. The van der Waals surface area contributed by atoms with Crippen LogP contribution in [0.1, 0.15) is 59.9 Å². The number of hydrogen-bond donors (Lipinski definition) is 2. The number of carbonyl (C=O) groups is 1. The van der Waals surface area contributed by atoms with Crippen LogP contribution in [0.3, 0.4) is 0 Å². The number of carbonyl (C=O) groups excluding carboxylic acids is 1. The molecule has 2 aliphatic heterocycles. The van der Waals surface area contributed by atoms with Crippen molar-refractivity contribution in [2.24, 2.45) is 5.92 Å². The van der Waals surface area contributed by atoms with E-state index in [1.807, 2.05) is 36.4 Å². The second-order valence-electron chi connectivity index (χ2n) is 14.1. The largest absolute Gasteiger partial charge is 0.504 e. The summed E-state index contributed by atoms with van der Waals surface area (Å²) >= 11 is 0. The number of alkyl halides is 3. The van der Waals surface area contributed by atoms with Gasteiger partial charge in [0.1, 0.15) is 6.10 Å². The van der Waals surface area contributed by atoms with Crippen molar-refractivity contribution in [1.82, 2.24) is 9.80 Å². The molecule has 3 aromatic rings. The zero-order valence-electron chi connectivity index (χ0n) is 26.1. The summed E-state index contributed by atoms with van der Waals surface area (Å²) in [6.07, 6.45) is 3.05. The molecular weight excluding hydrogens is 605 g/mol. The van der Waals surface area contributed by atoms with Crippen LogP contribution in [0.4, 0.5) is 13.2 Å². The van der Waals surface area contributed by atoms with Crippen molar-refractivity contribution in [3.8, 4) is 11.5 Å². The molecule has 1 spiro atoms. The number of benzene rings is 3. The standard InChI is InChI=1S/C38H39F3N2O4/c39-38(40,41)28-8-4-7-25(21-28)11-14-32(45)43(19-16-24-5-2-1-3-6-24)29-15-17-37(46)31-22-27-12-13-30(44)34-33(27)36(37,35(29)47-34)18-20-42(31)23-26-9-10-26/h1-8,11-14,21,26,29,31,35,44,46H,9-10,15-20,22-23H2/b14-11+/t29-,31-,35+,36+,37-/m1/s1. The molecule has 3 fully saturated rings. The highest BCUT2D eigenvalue weighted by Gasteiger charge is 2.73. The highest BCUT2D eigenvalue weighted by atomic mass is 19.4. The van der Waals surface area contributed by atoms with Gasteiger partial charge in [-0.2, -0.15) is 13.2 Å². The molecule has 1 saturated heterocycles. The summed E-state index contributed by atoms with van der Waals surface area (Å²) < 4.78 is 46.9. The first-order chi connectivity index (χ1) is 22.6. The average Bonchev–Trinajstić information content (AvgIpc) is 3.80. The van der Waals surface area contributed by atoms with Crippen molar-refractivity contribution in [2.75, 3.05) is 19.6 Å². The summed E-state index contributed by atoms with van der Waals surface area (Å²) in [5.74, 6) is 0.805. The maximum atomic E-state index is 14.2. The van der Waals surface area contributed by atoms with E-state index in [-0.39, 0.29) is 23.3 Å². The lowest BCUT2D eigenvalue weighted by Gasteiger charge is -2.65. The van der Waals surface area contributed by atoms with Gasteiger partial charge in [-0.15, -0.1) is 0 Å². The molecule has 246 valence electrons. The number of hydrogen-bond acceptors (Lipinski definition) is 5. The third-order valence-electron chi connectivity index (χ3n) is 11.5. The van der Waals surface area contributed by atoms with Gasteiger partial charge in [0, 0.05) is 30.8 Å². The summed E-state index contributed by atoms with van der Waals surface area (Å²) in [6, 6.07) is 17.9. The van der Waals surface area contributed by atoms with Gasteiger partial charge in [0.2, 0.25) is 5.91 Å². The molecule has 5 aliphatic rings. The minimum Gasteiger partial charge on any atom is -0.504 e. The van der Waals surface area contributed by atoms with Crippen molar-refractivity contribution < 1.29 is 32.9 Å². The Hall–Kier alpha value is -3.82. The fourth-order valence-corrected chi connectivity index (χ4v) is 9.19. The molecule has 3 aliphatic carbocycles. The number of aliphatic hydroxyl groups is 1. The van der Waals surface area contributed by atoms with E-state index < -0.39 is 34.9 Å². The lowest BCUT2D eigenvalue weighted by Crippen LogP contribution is -2.78. The summed E-state index contributed by atoms with van der Waals surface area (Å²) in [4.78, 5) is 18.4. The molecule has 2 N–H and O–H groups in total. The number of halogens is 3. The number of ether oxygens (including phenoxy) is 1. The van der Waals surface area contributed by atoms with E-state index in [2.05, 4.69) is 4.90 Å². The predicted octanol–water partition coefficient (Wildman–Crippen LogP) is 6.13. The molecule has 9 heteroatoms. The summed E-state index contributed by atoms with van der Waals surface area (Å²) in [6.45, 7) is 2.14. The first-order valence-electron chi connectivity index (χ1n) is 16.8. The van der Waals surface area contributed by atoms with Crippen LogP contribution in [-0.2, 0) is 29.2 Å². The Morgan fingerprint density at radius 3 is 2.62 bits per heavy atom. The molecule has 0 aromatic heterocycles. The van der Waals surface area contributed by atoms with Gasteiger partial charge in [0.05, 0.1) is 22.6 Å².